The number of hydrogen-bond donors (Lipinski definition) is 2. The number of aryl methyl sites for hydroxylation is 2. The molecule has 192 valence electrons. The second-order valence-electron chi connectivity index (χ2n) is 9.45. The predicted molar refractivity (Wildman–Crippen MR) is 134 cm³/mol. The topological polar surface area (TPSA) is 113 Å². The maximum Gasteiger partial charge on any atom is 0.333 e. The van der Waals surface area contributed by atoms with Crippen LogP contribution in [0.2, 0.25) is 0 Å². The molecule has 1 fully saturated rings. The van der Waals surface area contributed by atoms with Crippen molar-refractivity contribution in [3.05, 3.63) is 69.9 Å². The van der Waals surface area contributed by atoms with Gasteiger partial charge >= 0.3 is 6.03 Å². The summed E-state index contributed by atoms with van der Waals surface area (Å²) in [6, 6.07) is 5.36. The molecule has 1 saturated heterocycles. The lowest BCUT2D eigenvalue weighted by Gasteiger charge is -2.21. The molecule has 0 unspecified atom stereocenters. The van der Waals surface area contributed by atoms with Crippen LogP contribution in [0.5, 0.6) is 0 Å². The van der Waals surface area contributed by atoms with E-state index < -0.39 is 37.9 Å². The van der Waals surface area contributed by atoms with Crippen LogP contribution in [0, 0.1) is 5.82 Å². The van der Waals surface area contributed by atoms with Gasteiger partial charge in [-0.25, -0.2) is 30.7 Å². The molecule has 11 heteroatoms. The molecule has 1 atom stereocenters. The average Bonchev–Trinajstić information content (AvgIpc) is 3.57. The molecule has 0 aromatic heterocycles. The van der Waals surface area contributed by atoms with Crippen LogP contribution in [0.15, 0.2) is 46.7 Å². The first-order valence-electron chi connectivity index (χ1n) is 12.1. The van der Waals surface area contributed by atoms with Crippen molar-refractivity contribution in [1.29, 1.82) is 0 Å². The Hall–Kier alpha value is -2.76. The third-order valence-electron chi connectivity index (χ3n) is 7.08. The van der Waals surface area contributed by atoms with E-state index in [1.807, 2.05) is 4.72 Å². The van der Waals surface area contributed by atoms with E-state index in [4.69, 9.17) is 0 Å². The van der Waals surface area contributed by atoms with E-state index >= 15 is 0 Å². The third kappa shape index (κ3) is 4.91. The van der Waals surface area contributed by atoms with Crippen molar-refractivity contribution in [2.24, 2.45) is 0 Å². The number of hydrogen-bond acceptors (Lipinski definition) is 5. The quantitative estimate of drug-likeness (QED) is 0.589. The van der Waals surface area contributed by atoms with Crippen LogP contribution < -0.4 is 10.0 Å². The number of rotatable bonds is 6. The minimum absolute atomic E-state index is 0.187. The van der Waals surface area contributed by atoms with Crippen molar-refractivity contribution in [3.63, 3.8) is 0 Å². The van der Waals surface area contributed by atoms with E-state index in [0.717, 1.165) is 77.2 Å². The summed E-state index contributed by atoms with van der Waals surface area (Å²) in [5, 5.41) is 3.61. The lowest BCUT2D eigenvalue weighted by Crippen LogP contribution is -2.36. The molecule has 2 aliphatic carbocycles. The predicted octanol–water partition coefficient (Wildman–Crippen LogP) is 3.62. The number of nitrogens with one attached hydrogen (secondary N) is 2. The summed E-state index contributed by atoms with van der Waals surface area (Å²) in [5.74, 6) is -0.671. The Bertz CT molecular complexity index is 1420. The average molecular weight is 534 g/mol. The van der Waals surface area contributed by atoms with Gasteiger partial charge < -0.3 is 5.32 Å². The second-order valence-corrected chi connectivity index (χ2v) is 12.9. The summed E-state index contributed by atoms with van der Waals surface area (Å²) in [6.45, 7) is 0.187. The number of benzene rings is 2. The molecule has 2 aromatic rings. The molecule has 0 saturated carbocycles. The SMILES string of the molecule is O=C(Nc1c2c(cc3c1CCC3)CCC2)NS(=O)(=O)/C=C/[C@H]1CCCN1S(=O)(=O)c1cccc(F)c1. The minimum Gasteiger partial charge on any atom is -0.307 e. The van der Waals surface area contributed by atoms with Gasteiger partial charge in [0.15, 0.2) is 0 Å². The van der Waals surface area contributed by atoms with Crippen LogP contribution in [0.25, 0.3) is 0 Å². The number of urea groups is 1. The van der Waals surface area contributed by atoms with Gasteiger partial charge in [-0.15, -0.1) is 0 Å². The molecule has 1 aliphatic heterocycles. The van der Waals surface area contributed by atoms with Crippen LogP contribution in [0.4, 0.5) is 14.9 Å². The van der Waals surface area contributed by atoms with E-state index in [2.05, 4.69) is 11.4 Å². The fourth-order valence-electron chi connectivity index (χ4n) is 5.48. The summed E-state index contributed by atoms with van der Waals surface area (Å²) in [7, 11) is -8.19. The van der Waals surface area contributed by atoms with Crippen LogP contribution in [-0.4, -0.2) is 39.8 Å². The molecule has 2 amide bonds. The van der Waals surface area contributed by atoms with Crippen molar-refractivity contribution in [2.45, 2.75) is 62.3 Å². The fourth-order valence-corrected chi connectivity index (χ4v) is 7.93. The van der Waals surface area contributed by atoms with Gasteiger partial charge in [0, 0.05) is 23.7 Å². The summed E-state index contributed by atoms with van der Waals surface area (Å²) >= 11 is 0. The summed E-state index contributed by atoms with van der Waals surface area (Å²) in [6.07, 6.45) is 7.82. The molecule has 3 aliphatic rings. The van der Waals surface area contributed by atoms with Crippen LogP contribution >= 0.6 is 0 Å². The number of anilines is 1. The number of nitrogens with zero attached hydrogens (tertiary/aromatic N) is 1. The molecule has 5 rings (SSSR count). The Morgan fingerprint density at radius 3 is 2.33 bits per heavy atom. The van der Waals surface area contributed by atoms with Gasteiger partial charge in [-0.1, -0.05) is 18.2 Å². The molecule has 8 nitrogen and oxygen atoms in total. The van der Waals surface area contributed by atoms with Gasteiger partial charge in [0.05, 0.1) is 4.90 Å². The number of halogens is 1. The molecule has 2 aromatic carbocycles. The van der Waals surface area contributed by atoms with E-state index in [0.29, 0.717) is 12.8 Å². The largest absolute Gasteiger partial charge is 0.333 e. The van der Waals surface area contributed by atoms with Gasteiger partial charge in [-0.3, -0.25) is 0 Å². The van der Waals surface area contributed by atoms with Crippen LogP contribution in [0.1, 0.15) is 47.9 Å². The van der Waals surface area contributed by atoms with Gasteiger partial charge in [0.1, 0.15) is 5.82 Å². The van der Waals surface area contributed by atoms with Gasteiger partial charge in [-0.2, -0.15) is 4.31 Å². The van der Waals surface area contributed by atoms with E-state index in [-0.39, 0.29) is 11.4 Å². The molecule has 0 spiro atoms. The Labute approximate surface area is 210 Å². The Kier molecular flexibility index (Phi) is 6.65. The van der Waals surface area contributed by atoms with Crippen LogP contribution in [-0.2, 0) is 45.7 Å². The Balaban J connectivity index is 1.29. The Morgan fingerprint density at radius 2 is 1.67 bits per heavy atom. The highest BCUT2D eigenvalue weighted by molar-refractivity contribution is 7.93. The number of sulfonamides is 2. The second kappa shape index (κ2) is 9.60. The molecule has 2 N–H and O–H groups in total. The standard InChI is InChI=1S/C25H28FN3O5S2/c26-19-7-3-9-21(16-19)36(33,34)29-13-4-8-20(29)12-14-35(31,32)28-25(30)27-24-22-10-1-5-17(22)15-18-6-2-11-23(18)24/h3,7,9,12,14-16,20H,1-2,4-6,8,10-11,13H2,(H2,27,28,30)/b14-12+/t20-/m1/s1. The van der Waals surface area contributed by atoms with Crippen molar-refractivity contribution >= 4 is 31.8 Å². The van der Waals surface area contributed by atoms with Crippen molar-refractivity contribution in [3.8, 4) is 0 Å². The van der Waals surface area contributed by atoms with Crippen molar-refractivity contribution in [2.75, 3.05) is 11.9 Å². The van der Waals surface area contributed by atoms with E-state index in [1.165, 1.54) is 29.3 Å². The van der Waals surface area contributed by atoms with Crippen molar-refractivity contribution in [1.82, 2.24) is 9.03 Å². The maximum atomic E-state index is 13.6. The molecule has 0 bridgehead atoms. The van der Waals surface area contributed by atoms with E-state index in [9.17, 15) is 26.0 Å². The minimum atomic E-state index is -4.18. The monoisotopic (exact) mass is 533 g/mol. The van der Waals surface area contributed by atoms with Crippen LogP contribution in [0.3, 0.4) is 0 Å². The zero-order valence-corrected chi connectivity index (χ0v) is 21.3. The summed E-state index contributed by atoms with van der Waals surface area (Å²) in [5.41, 5.74) is 5.34. The first-order valence-corrected chi connectivity index (χ1v) is 15.1. The number of amides is 2. The molecule has 0 radical (unpaired) electrons. The lowest BCUT2D eigenvalue weighted by atomic mass is 9.99. The summed E-state index contributed by atoms with van der Waals surface area (Å²) < 4.78 is 68.0. The molecule has 36 heavy (non-hydrogen) atoms. The number of carbonyl (C=O) groups excluding carboxylic acids is 1. The Morgan fingerprint density at radius 1 is 0.972 bits per heavy atom. The van der Waals surface area contributed by atoms with E-state index in [1.54, 1.807) is 0 Å². The fraction of sp³-hybridized carbons (Fsp3) is 0.400. The maximum absolute atomic E-state index is 13.6. The van der Waals surface area contributed by atoms with Gasteiger partial charge in [0.2, 0.25) is 10.0 Å². The highest BCUT2D eigenvalue weighted by Crippen LogP contribution is 2.38. The number of carbonyl (C=O) groups is 1. The molecule has 1 heterocycles. The first-order chi connectivity index (χ1) is 17.1. The summed E-state index contributed by atoms with van der Waals surface area (Å²) in [4.78, 5) is 12.5. The zero-order valence-electron chi connectivity index (χ0n) is 19.7. The molecular weight excluding hydrogens is 505 g/mol. The highest BCUT2D eigenvalue weighted by Gasteiger charge is 2.34. The lowest BCUT2D eigenvalue weighted by molar-refractivity contribution is 0.256. The highest BCUT2D eigenvalue weighted by atomic mass is 32.2. The van der Waals surface area contributed by atoms with Gasteiger partial charge in [0.25, 0.3) is 10.0 Å². The van der Waals surface area contributed by atoms with Gasteiger partial charge in [-0.05, 0) is 91.8 Å². The normalized spacial score (nSPS) is 20.0. The van der Waals surface area contributed by atoms with Crippen molar-refractivity contribution < 1.29 is 26.0 Å². The third-order valence-corrected chi connectivity index (χ3v) is 9.98. The zero-order chi connectivity index (χ0) is 25.5. The molecular formula is C25H28FN3O5S2. The number of fused-ring (bicyclic) bond motifs is 2. The first kappa shape index (κ1) is 24.9. The smallest absolute Gasteiger partial charge is 0.307 e.